The normalized spacial score (nSPS) is 23.9. The van der Waals surface area contributed by atoms with Gasteiger partial charge < -0.3 is 5.73 Å². The Balaban J connectivity index is 0.000000280. The minimum Gasteiger partial charge on any atom is -0.327 e. The molecule has 0 saturated heterocycles. The van der Waals surface area contributed by atoms with Crippen LogP contribution in [0, 0.1) is 0 Å². The summed E-state index contributed by atoms with van der Waals surface area (Å²) in [6.07, 6.45) is 5.83. The molecular weight excluding hydrogens is 250 g/mol. The van der Waals surface area contributed by atoms with Gasteiger partial charge in [0.15, 0.2) is 0 Å². The molecule has 0 bridgehead atoms. The Morgan fingerprint density at radius 1 is 1.17 bits per heavy atom. The third-order valence-electron chi connectivity index (χ3n) is 3.05. The van der Waals surface area contributed by atoms with Crippen LogP contribution in [-0.2, 0) is 10.1 Å². The van der Waals surface area contributed by atoms with Gasteiger partial charge in [0.2, 0.25) is 0 Å². The van der Waals surface area contributed by atoms with E-state index < -0.39 is 10.1 Å². The molecule has 0 unspecified atom stereocenters. The average Bonchev–Trinajstić information content (AvgIpc) is 2.29. The molecule has 5 heteroatoms. The Labute approximate surface area is 109 Å². The van der Waals surface area contributed by atoms with Gasteiger partial charge in [0, 0.05) is 6.04 Å². The lowest BCUT2D eigenvalue weighted by Crippen LogP contribution is -2.31. The van der Waals surface area contributed by atoms with Crippen LogP contribution in [0.1, 0.15) is 37.2 Å². The van der Waals surface area contributed by atoms with Crippen LogP contribution < -0.4 is 5.73 Å². The topological polar surface area (TPSA) is 80.4 Å². The van der Waals surface area contributed by atoms with Crippen LogP contribution in [0.2, 0.25) is 0 Å². The standard InChI is InChI=1S/C12H17N.CH4O3S/c13-12-9-5-4-8-11(12)10-6-2-1-3-7-10;1-5(2,3)4/h1-3,6-7,11-12H,4-5,8-9,13H2;1H3,(H,2,3,4)/t11-,12-;/m0./s1. The SMILES string of the molecule is CS(=O)(=O)O.N[C@H]1CCCC[C@H]1c1ccccc1. The summed E-state index contributed by atoms with van der Waals surface area (Å²) < 4.78 is 25.9. The lowest BCUT2D eigenvalue weighted by Gasteiger charge is -2.28. The molecule has 1 aliphatic rings. The van der Waals surface area contributed by atoms with Gasteiger partial charge in [-0.3, -0.25) is 4.55 Å². The molecule has 18 heavy (non-hydrogen) atoms. The van der Waals surface area contributed by atoms with Crippen molar-refractivity contribution in [3.63, 3.8) is 0 Å². The van der Waals surface area contributed by atoms with Gasteiger partial charge >= 0.3 is 0 Å². The molecule has 1 aromatic rings. The van der Waals surface area contributed by atoms with Crippen LogP contribution in [0.3, 0.4) is 0 Å². The lowest BCUT2D eigenvalue weighted by molar-refractivity contribution is 0.385. The zero-order valence-corrected chi connectivity index (χ0v) is 11.4. The predicted molar refractivity (Wildman–Crippen MR) is 73.1 cm³/mol. The summed E-state index contributed by atoms with van der Waals surface area (Å²) in [7, 11) is -3.67. The first-order valence-corrected chi connectivity index (χ1v) is 7.95. The Morgan fingerprint density at radius 3 is 2.17 bits per heavy atom. The first kappa shape index (κ1) is 15.1. The van der Waals surface area contributed by atoms with Crippen LogP contribution in [0.5, 0.6) is 0 Å². The van der Waals surface area contributed by atoms with Crippen LogP contribution in [0.15, 0.2) is 30.3 Å². The van der Waals surface area contributed by atoms with Gasteiger partial charge in [-0.05, 0) is 24.3 Å². The van der Waals surface area contributed by atoms with Crippen molar-refractivity contribution < 1.29 is 13.0 Å². The minimum atomic E-state index is -3.67. The van der Waals surface area contributed by atoms with E-state index in [4.69, 9.17) is 10.3 Å². The molecule has 0 aromatic heterocycles. The summed E-state index contributed by atoms with van der Waals surface area (Å²) in [5.41, 5.74) is 7.54. The Hall–Kier alpha value is -0.910. The summed E-state index contributed by atoms with van der Waals surface area (Å²) in [4.78, 5) is 0. The Morgan fingerprint density at radius 2 is 1.67 bits per heavy atom. The van der Waals surface area contributed by atoms with Crippen LogP contribution in [0.4, 0.5) is 0 Å². The third-order valence-corrected chi connectivity index (χ3v) is 3.05. The van der Waals surface area contributed by atoms with Gasteiger partial charge in [-0.15, -0.1) is 0 Å². The second-order valence-electron chi connectivity index (χ2n) is 4.70. The monoisotopic (exact) mass is 271 g/mol. The highest BCUT2D eigenvalue weighted by Crippen LogP contribution is 2.31. The quantitative estimate of drug-likeness (QED) is 0.767. The number of rotatable bonds is 1. The largest absolute Gasteiger partial charge is 0.327 e. The molecule has 0 heterocycles. The second kappa shape index (κ2) is 6.87. The Bertz CT molecular complexity index is 437. The maximum atomic E-state index is 9.19. The summed E-state index contributed by atoms with van der Waals surface area (Å²) in [5, 5.41) is 0. The summed E-state index contributed by atoms with van der Waals surface area (Å²) in [6, 6.07) is 11.1. The van der Waals surface area contributed by atoms with Gasteiger partial charge in [0.25, 0.3) is 10.1 Å². The number of benzene rings is 1. The van der Waals surface area contributed by atoms with E-state index in [9.17, 15) is 8.42 Å². The van der Waals surface area contributed by atoms with E-state index in [0.717, 1.165) is 0 Å². The van der Waals surface area contributed by atoms with Crippen molar-refractivity contribution in [1.29, 1.82) is 0 Å². The molecule has 1 aliphatic carbocycles. The van der Waals surface area contributed by atoms with Gasteiger partial charge in [-0.1, -0.05) is 43.2 Å². The molecular formula is C13H21NO3S. The van der Waals surface area contributed by atoms with Gasteiger partial charge in [-0.2, -0.15) is 8.42 Å². The molecule has 1 aromatic carbocycles. The Kier molecular flexibility index (Phi) is 5.78. The van der Waals surface area contributed by atoms with E-state index >= 15 is 0 Å². The van der Waals surface area contributed by atoms with Crippen LogP contribution >= 0.6 is 0 Å². The number of nitrogens with two attached hydrogens (primary N) is 1. The van der Waals surface area contributed by atoms with Crippen molar-refractivity contribution >= 4 is 10.1 Å². The van der Waals surface area contributed by atoms with Gasteiger partial charge in [0.1, 0.15) is 0 Å². The van der Waals surface area contributed by atoms with Gasteiger partial charge in [-0.25, -0.2) is 0 Å². The van der Waals surface area contributed by atoms with Crippen LogP contribution in [0.25, 0.3) is 0 Å². The molecule has 4 nitrogen and oxygen atoms in total. The van der Waals surface area contributed by atoms with E-state index in [-0.39, 0.29) is 0 Å². The summed E-state index contributed by atoms with van der Waals surface area (Å²) >= 11 is 0. The highest BCUT2D eigenvalue weighted by molar-refractivity contribution is 7.85. The predicted octanol–water partition coefficient (Wildman–Crippen LogP) is 2.18. The van der Waals surface area contributed by atoms with E-state index in [1.54, 1.807) is 0 Å². The first-order chi connectivity index (χ1) is 8.38. The highest BCUT2D eigenvalue weighted by atomic mass is 32.2. The molecule has 2 rings (SSSR count). The van der Waals surface area contributed by atoms with E-state index in [1.807, 2.05) is 0 Å². The molecule has 0 aliphatic heterocycles. The third kappa shape index (κ3) is 6.14. The molecule has 0 amide bonds. The lowest BCUT2D eigenvalue weighted by atomic mass is 9.80. The van der Waals surface area contributed by atoms with E-state index in [1.165, 1.54) is 31.2 Å². The van der Waals surface area contributed by atoms with E-state index in [2.05, 4.69) is 30.3 Å². The molecule has 0 spiro atoms. The second-order valence-corrected chi connectivity index (χ2v) is 6.16. The van der Waals surface area contributed by atoms with Gasteiger partial charge in [0.05, 0.1) is 6.26 Å². The zero-order valence-electron chi connectivity index (χ0n) is 10.6. The van der Waals surface area contributed by atoms with Crippen molar-refractivity contribution in [3.05, 3.63) is 35.9 Å². The fraction of sp³-hybridized carbons (Fsp3) is 0.538. The number of hydrogen-bond acceptors (Lipinski definition) is 3. The fourth-order valence-corrected chi connectivity index (χ4v) is 2.27. The molecule has 102 valence electrons. The zero-order chi connectivity index (χ0) is 13.6. The van der Waals surface area contributed by atoms with Crippen molar-refractivity contribution in [3.8, 4) is 0 Å². The van der Waals surface area contributed by atoms with Crippen molar-refractivity contribution in [2.24, 2.45) is 5.73 Å². The summed E-state index contributed by atoms with van der Waals surface area (Å²) in [5.74, 6) is 0.606. The minimum absolute atomic E-state index is 0.385. The number of hydrogen-bond donors (Lipinski definition) is 2. The van der Waals surface area contributed by atoms with Crippen molar-refractivity contribution in [1.82, 2.24) is 0 Å². The average molecular weight is 271 g/mol. The van der Waals surface area contributed by atoms with E-state index in [0.29, 0.717) is 18.2 Å². The molecule has 1 fully saturated rings. The maximum absolute atomic E-state index is 9.19. The molecule has 3 N–H and O–H groups in total. The first-order valence-electron chi connectivity index (χ1n) is 6.11. The van der Waals surface area contributed by atoms with Crippen molar-refractivity contribution in [2.45, 2.75) is 37.6 Å². The molecule has 2 atom stereocenters. The van der Waals surface area contributed by atoms with Crippen LogP contribution in [-0.4, -0.2) is 25.3 Å². The molecule has 1 saturated carbocycles. The van der Waals surface area contributed by atoms with Crippen molar-refractivity contribution in [2.75, 3.05) is 6.26 Å². The fourth-order valence-electron chi connectivity index (χ4n) is 2.27. The molecule has 0 radical (unpaired) electrons. The summed E-state index contributed by atoms with van der Waals surface area (Å²) in [6.45, 7) is 0. The maximum Gasteiger partial charge on any atom is 0.261 e. The smallest absolute Gasteiger partial charge is 0.261 e. The highest BCUT2D eigenvalue weighted by Gasteiger charge is 2.22.